The maximum absolute atomic E-state index is 9.58. The van der Waals surface area contributed by atoms with E-state index in [2.05, 4.69) is 32.9 Å². The molecule has 0 saturated carbocycles. The van der Waals surface area contributed by atoms with Crippen molar-refractivity contribution in [2.45, 2.75) is 27.2 Å². The Morgan fingerprint density at radius 2 is 1.37 bits per heavy atom. The standard InChI is InChI=1S/C16H16Cl2O/c1-9-4-10(2)13(11(3)5-9)6-12-7-14(17)16(19)15(18)8-12/h4-5,7-8,19H,6H2,1-3H3. The van der Waals surface area contributed by atoms with E-state index in [1.165, 1.54) is 22.3 Å². The summed E-state index contributed by atoms with van der Waals surface area (Å²) in [4.78, 5) is 0. The first-order chi connectivity index (χ1) is 8.88. The molecule has 0 aromatic heterocycles. The molecule has 0 heterocycles. The molecule has 19 heavy (non-hydrogen) atoms. The maximum atomic E-state index is 9.58. The van der Waals surface area contributed by atoms with Crippen LogP contribution in [-0.4, -0.2) is 5.11 Å². The molecule has 0 radical (unpaired) electrons. The molecule has 1 nitrogen and oxygen atoms in total. The minimum Gasteiger partial charge on any atom is -0.505 e. The SMILES string of the molecule is Cc1cc(C)c(Cc2cc(Cl)c(O)c(Cl)c2)c(C)c1. The lowest BCUT2D eigenvalue weighted by atomic mass is 9.94. The van der Waals surface area contributed by atoms with Crippen LogP contribution in [0.2, 0.25) is 10.0 Å². The summed E-state index contributed by atoms with van der Waals surface area (Å²) in [5, 5.41) is 10.2. The molecule has 2 aromatic carbocycles. The van der Waals surface area contributed by atoms with Gasteiger partial charge in [0.25, 0.3) is 0 Å². The Bertz CT molecular complexity index is 587. The fourth-order valence-electron chi connectivity index (χ4n) is 2.41. The Labute approximate surface area is 123 Å². The smallest absolute Gasteiger partial charge is 0.152 e. The van der Waals surface area contributed by atoms with Gasteiger partial charge in [0.2, 0.25) is 0 Å². The van der Waals surface area contributed by atoms with Crippen molar-refractivity contribution >= 4 is 23.2 Å². The maximum Gasteiger partial charge on any atom is 0.152 e. The number of phenolic OH excluding ortho intramolecular Hbond substituents is 1. The van der Waals surface area contributed by atoms with Gasteiger partial charge in [-0.2, -0.15) is 0 Å². The van der Waals surface area contributed by atoms with Gasteiger partial charge < -0.3 is 5.11 Å². The van der Waals surface area contributed by atoms with Gasteiger partial charge in [0.05, 0.1) is 10.0 Å². The van der Waals surface area contributed by atoms with Crippen LogP contribution in [0.25, 0.3) is 0 Å². The number of hydrogen-bond acceptors (Lipinski definition) is 1. The van der Waals surface area contributed by atoms with Crippen molar-refractivity contribution in [2.24, 2.45) is 0 Å². The van der Waals surface area contributed by atoms with Crippen molar-refractivity contribution in [1.82, 2.24) is 0 Å². The summed E-state index contributed by atoms with van der Waals surface area (Å²) < 4.78 is 0. The average molecular weight is 295 g/mol. The third-order valence-electron chi connectivity index (χ3n) is 3.30. The van der Waals surface area contributed by atoms with Crippen LogP contribution >= 0.6 is 23.2 Å². The van der Waals surface area contributed by atoms with Crippen LogP contribution in [0.15, 0.2) is 24.3 Å². The van der Waals surface area contributed by atoms with Gasteiger partial charge >= 0.3 is 0 Å². The van der Waals surface area contributed by atoms with E-state index in [0.717, 1.165) is 12.0 Å². The molecule has 0 atom stereocenters. The molecule has 0 spiro atoms. The van der Waals surface area contributed by atoms with Crippen LogP contribution in [0.5, 0.6) is 5.75 Å². The Kier molecular flexibility index (Phi) is 4.07. The first-order valence-electron chi connectivity index (χ1n) is 6.12. The van der Waals surface area contributed by atoms with Crippen LogP contribution in [0.4, 0.5) is 0 Å². The van der Waals surface area contributed by atoms with Crippen molar-refractivity contribution in [2.75, 3.05) is 0 Å². The van der Waals surface area contributed by atoms with Crippen LogP contribution < -0.4 is 0 Å². The molecule has 0 saturated heterocycles. The van der Waals surface area contributed by atoms with Gasteiger partial charge in [0.1, 0.15) is 0 Å². The zero-order valence-corrected chi connectivity index (χ0v) is 12.7. The largest absolute Gasteiger partial charge is 0.505 e. The zero-order valence-electron chi connectivity index (χ0n) is 11.2. The summed E-state index contributed by atoms with van der Waals surface area (Å²) in [5.41, 5.74) is 6.07. The minimum absolute atomic E-state index is 0.0515. The summed E-state index contributed by atoms with van der Waals surface area (Å²) in [6.45, 7) is 6.32. The van der Waals surface area contributed by atoms with Crippen LogP contribution in [-0.2, 0) is 6.42 Å². The predicted molar refractivity (Wildman–Crippen MR) is 81.6 cm³/mol. The number of aromatic hydroxyl groups is 1. The van der Waals surface area contributed by atoms with Crippen LogP contribution in [0.3, 0.4) is 0 Å². The molecule has 100 valence electrons. The average Bonchev–Trinajstić information content (AvgIpc) is 2.30. The summed E-state index contributed by atoms with van der Waals surface area (Å²) in [6, 6.07) is 7.88. The van der Waals surface area contributed by atoms with Crippen molar-refractivity contribution in [3.05, 3.63) is 62.1 Å². The van der Waals surface area contributed by atoms with E-state index in [-0.39, 0.29) is 5.75 Å². The molecule has 1 N–H and O–H groups in total. The van der Waals surface area contributed by atoms with E-state index in [9.17, 15) is 5.11 Å². The molecule has 0 aliphatic heterocycles. The Balaban J connectivity index is 2.42. The molecule has 0 unspecified atom stereocenters. The fourth-order valence-corrected chi connectivity index (χ4v) is 2.95. The fraction of sp³-hybridized carbons (Fsp3) is 0.250. The number of halogens is 2. The van der Waals surface area contributed by atoms with Crippen molar-refractivity contribution in [3.63, 3.8) is 0 Å². The summed E-state index contributed by atoms with van der Waals surface area (Å²) in [6.07, 6.45) is 0.762. The number of phenols is 1. The Morgan fingerprint density at radius 3 is 1.84 bits per heavy atom. The second kappa shape index (κ2) is 5.44. The molecule has 0 amide bonds. The first kappa shape index (κ1) is 14.2. The Hall–Kier alpha value is -1.18. The molecule has 0 bridgehead atoms. The number of rotatable bonds is 2. The van der Waals surface area contributed by atoms with E-state index in [1.54, 1.807) is 12.1 Å². The van der Waals surface area contributed by atoms with Gasteiger partial charge in [0, 0.05) is 0 Å². The third-order valence-corrected chi connectivity index (χ3v) is 3.87. The highest BCUT2D eigenvalue weighted by Gasteiger charge is 2.10. The molecule has 2 rings (SSSR count). The second-order valence-electron chi connectivity index (χ2n) is 4.96. The highest BCUT2D eigenvalue weighted by molar-refractivity contribution is 6.37. The molecular formula is C16H16Cl2O. The highest BCUT2D eigenvalue weighted by atomic mass is 35.5. The number of hydrogen-bond donors (Lipinski definition) is 1. The molecular weight excluding hydrogens is 279 g/mol. The van der Waals surface area contributed by atoms with Gasteiger partial charge in [-0.25, -0.2) is 0 Å². The minimum atomic E-state index is -0.0515. The van der Waals surface area contributed by atoms with E-state index in [1.807, 2.05) is 0 Å². The predicted octanol–water partition coefficient (Wildman–Crippen LogP) is 5.22. The van der Waals surface area contributed by atoms with Gasteiger partial charge in [-0.15, -0.1) is 0 Å². The quantitative estimate of drug-likeness (QED) is 0.805. The summed E-state index contributed by atoms with van der Waals surface area (Å²) in [5.74, 6) is -0.0515. The molecule has 2 aromatic rings. The van der Waals surface area contributed by atoms with Crippen molar-refractivity contribution in [1.29, 1.82) is 0 Å². The number of aryl methyl sites for hydroxylation is 3. The van der Waals surface area contributed by atoms with E-state index < -0.39 is 0 Å². The normalized spacial score (nSPS) is 10.8. The highest BCUT2D eigenvalue weighted by Crippen LogP contribution is 2.34. The van der Waals surface area contributed by atoms with Crippen molar-refractivity contribution in [3.8, 4) is 5.75 Å². The third kappa shape index (κ3) is 3.05. The monoisotopic (exact) mass is 294 g/mol. The first-order valence-corrected chi connectivity index (χ1v) is 6.87. The Morgan fingerprint density at radius 1 is 0.895 bits per heavy atom. The molecule has 0 aliphatic carbocycles. The van der Waals surface area contributed by atoms with E-state index in [4.69, 9.17) is 23.2 Å². The second-order valence-corrected chi connectivity index (χ2v) is 5.78. The summed E-state index contributed by atoms with van der Waals surface area (Å²) in [7, 11) is 0. The van der Waals surface area contributed by atoms with Crippen LogP contribution in [0, 0.1) is 20.8 Å². The van der Waals surface area contributed by atoms with E-state index >= 15 is 0 Å². The van der Waals surface area contributed by atoms with Gasteiger partial charge in [-0.05, 0) is 61.6 Å². The molecule has 3 heteroatoms. The lowest BCUT2D eigenvalue weighted by Gasteiger charge is -2.12. The molecule has 0 aliphatic rings. The van der Waals surface area contributed by atoms with Gasteiger partial charge in [-0.3, -0.25) is 0 Å². The summed E-state index contributed by atoms with van der Waals surface area (Å²) >= 11 is 11.9. The van der Waals surface area contributed by atoms with Crippen LogP contribution in [0.1, 0.15) is 27.8 Å². The van der Waals surface area contributed by atoms with Gasteiger partial charge in [-0.1, -0.05) is 40.9 Å². The topological polar surface area (TPSA) is 20.2 Å². The molecule has 0 fully saturated rings. The van der Waals surface area contributed by atoms with Gasteiger partial charge in [0.15, 0.2) is 5.75 Å². The van der Waals surface area contributed by atoms with Crippen molar-refractivity contribution < 1.29 is 5.11 Å². The van der Waals surface area contributed by atoms with E-state index in [0.29, 0.717) is 10.0 Å². The lowest BCUT2D eigenvalue weighted by Crippen LogP contribution is -1.97. The lowest BCUT2D eigenvalue weighted by molar-refractivity contribution is 0.475. The number of benzene rings is 2. The zero-order chi connectivity index (χ0) is 14.2.